The summed E-state index contributed by atoms with van der Waals surface area (Å²) in [5.74, 6) is 0. The zero-order chi connectivity index (χ0) is 10.3. The third-order valence-electron chi connectivity index (χ3n) is 1.81. The SMILES string of the molecule is CSc1nc2[nH]c(=S)n(C)c(=O)c2s1. The van der Waals surface area contributed by atoms with Gasteiger partial charge in [0, 0.05) is 7.05 Å². The van der Waals surface area contributed by atoms with Crippen molar-refractivity contribution in [3.8, 4) is 0 Å². The average molecular weight is 245 g/mol. The fourth-order valence-corrected chi connectivity index (χ4v) is 2.72. The minimum Gasteiger partial charge on any atom is -0.315 e. The van der Waals surface area contributed by atoms with Gasteiger partial charge in [-0.25, -0.2) is 4.98 Å². The molecule has 2 aromatic rings. The van der Waals surface area contributed by atoms with E-state index in [0.717, 1.165) is 4.34 Å². The maximum absolute atomic E-state index is 11.7. The van der Waals surface area contributed by atoms with Crippen LogP contribution in [-0.2, 0) is 7.05 Å². The summed E-state index contributed by atoms with van der Waals surface area (Å²) in [4.78, 5) is 18.9. The molecule has 0 saturated carbocycles. The number of aromatic amines is 1. The zero-order valence-corrected chi connectivity index (χ0v) is 9.98. The van der Waals surface area contributed by atoms with Crippen LogP contribution < -0.4 is 5.56 Å². The summed E-state index contributed by atoms with van der Waals surface area (Å²) < 4.78 is 3.32. The summed E-state index contributed by atoms with van der Waals surface area (Å²) >= 11 is 7.89. The van der Waals surface area contributed by atoms with Gasteiger partial charge in [0.05, 0.1) is 0 Å². The number of hydrogen-bond acceptors (Lipinski definition) is 5. The minimum absolute atomic E-state index is 0.0819. The number of rotatable bonds is 1. The monoisotopic (exact) mass is 245 g/mol. The first kappa shape index (κ1) is 9.88. The summed E-state index contributed by atoms with van der Waals surface area (Å²) in [6.07, 6.45) is 1.93. The van der Waals surface area contributed by atoms with E-state index in [1.165, 1.54) is 27.7 Å². The van der Waals surface area contributed by atoms with Gasteiger partial charge < -0.3 is 4.98 Å². The molecule has 0 radical (unpaired) electrons. The third kappa shape index (κ3) is 1.41. The molecule has 0 saturated heterocycles. The lowest BCUT2D eigenvalue weighted by atomic mass is 10.6. The van der Waals surface area contributed by atoms with E-state index >= 15 is 0 Å². The van der Waals surface area contributed by atoms with Crippen LogP contribution >= 0.6 is 35.3 Å². The van der Waals surface area contributed by atoms with E-state index in [-0.39, 0.29) is 5.56 Å². The van der Waals surface area contributed by atoms with E-state index in [1.807, 2.05) is 6.26 Å². The van der Waals surface area contributed by atoms with E-state index in [0.29, 0.717) is 15.1 Å². The molecule has 0 atom stereocenters. The maximum atomic E-state index is 11.7. The second kappa shape index (κ2) is 3.48. The molecule has 0 aromatic carbocycles. The molecule has 0 aliphatic carbocycles. The summed E-state index contributed by atoms with van der Waals surface area (Å²) in [7, 11) is 1.65. The lowest BCUT2D eigenvalue weighted by Crippen LogP contribution is -2.17. The molecule has 7 heteroatoms. The summed E-state index contributed by atoms with van der Waals surface area (Å²) in [5.41, 5.74) is 0.508. The molecule has 2 rings (SSSR count). The first-order valence-corrected chi connectivity index (χ1v) is 6.22. The van der Waals surface area contributed by atoms with Crippen LogP contribution in [0.2, 0.25) is 0 Å². The maximum Gasteiger partial charge on any atom is 0.273 e. The molecule has 74 valence electrons. The van der Waals surface area contributed by atoms with Crippen molar-refractivity contribution >= 4 is 45.7 Å². The van der Waals surface area contributed by atoms with Crippen molar-refractivity contribution in [2.24, 2.45) is 7.05 Å². The van der Waals surface area contributed by atoms with E-state index in [1.54, 1.807) is 7.05 Å². The van der Waals surface area contributed by atoms with Crippen molar-refractivity contribution in [1.29, 1.82) is 0 Å². The van der Waals surface area contributed by atoms with E-state index in [4.69, 9.17) is 12.2 Å². The number of nitrogens with zero attached hydrogens (tertiary/aromatic N) is 2. The normalized spacial score (nSPS) is 11.0. The molecule has 0 aliphatic heterocycles. The van der Waals surface area contributed by atoms with Gasteiger partial charge in [-0.3, -0.25) is 9.36 Å². The topological polar surface area (TPSA) is 50.7 Å². The van der Waals surface area contributed by atoms with Gasteiger partial charge >= 0.3 is 0 Å². The quantitative estimate of drug-likeness (QED) is 0.614. The molecule has 0 amide bonds. The molecule has 2 heterocycles. The molecule has 0 unspecified atom stereocenters. The zero-order valence-electron chi connectivity index (χ0n) is 7.53. The Morgan fingerprint density at radius 1 is 1.64 bits per heavy atom. The Morgan fingerprint density at radius 3 is 3.00 bits per heavy atom. The molecule has 14 heavy (non-hydrogen) atoms. The van der Waals surface area contributed by atoms with Gasteiger partial charge in [0.1, 0.15) is 4.70 Å². The van der Waals surface area contributed by atoms with Gasteiger partial charge in [-0.1, -0.05) is 11.8 Å². The number of H-pyrrole nitrogens is 1. The van der Waals surface area contributed by atoms with Crippen LogP contribution in [0.3, 0.4) is 0 Å². The predicted molar refractivity (Wildman–Crippen MR) is 61.8 cm³/mol. The van der Waals surface area contributed by atoms with Crippen LogP contribution in [0.15, 0.2) is 9.13 Å². The van der Waals surface area contributed by atoms with E-state index in [9.17, 15) is 4.79 Å². The Balaban J connectivity index is 2.95. The van der Waals surface area contributed by atoms with Gasteiger partial charge in [0.15, 0.2) is 14.8 Å². The van der Waals surface area contributed by atoms with Crippen LogP contribution in [0.25, 0.3) is 10.3 Å². The van der Waals surface area contributed by atoms with Crippen molar-refractivity contribution in [2.75, 3.05) is 6.26 Å². The first-order chi connectivity index (χ1) is 6.63. The predicted octanol–water partition coefficient (Wildman–Crippen LogP) is 1.77. The molecule has 0 bridgehead atoms. The Labute approximate surface area is 93.0 Å². The second-order valence-corrected chi connectivity index (χ2v) is 5.10. The summed E-state index contributed by atoms with van der Waals surface area (Å²) in [6.45, 7) is 0. The van der Waals surface area contributed by atoms with Gasteiger partial charge in [-0.15, -0.1) is 11.3 Å². The van der Waals surface area contributed by atoms with Crippen LogP contribution in [0.1, 0.15) is 0 Å². The van der Waals surface area contributed by atoms with Crippen molar-refractivity contribution in [3.63, 3.8) is 0 Å². The number of hydrogen-bond donors (Lipinski definition) is 1. The number of fused-ring (bicyclic) bond motifs is 1. The summed E-state index contributed by atoms with van der Waals surface area (Å²) in [5, 5.41) is 0. The highest BCUT2D eigenvalue weighted by molar-refractivity contribution is 8.00. The largest absolute Gasteiger partial charge is 0.315 e. The average Bonchev–Trinajstić information content (AvgIpc) is 2.57. The Morgan fingerprint density at radius 2 is 2.36 bits per heavy atom. The highest BCUT2D eigenvalue weighted by Gasteiger charge is 2.08. The third-order valence-corrected chi connectivity index (χ3v) is 4.22. The minimum atomic E-state index is -0.0819. The molecule has 4 nitrogen and oxygen atoms in total. The van der Waals surface area contributed by atoms with Gasteiger partial charge in [0.25, 0.3) is 5.56 Å². The smallest absolute Gasteiger partial charge is 0.273 e. The highest BCUT2D eigenvalue weighted by atomic mass is 32.2. The molecule has 1 N–H and O–H groups in total. The van der Waals surface area contributed by atoms with Crippen molar-refractivity contribution in [3.05, 3.63) is 15.1 Å². The first-order valence-electron chi connectivity index (χ1n) is 3.77. The molecular formula is C7H7N3OS3. The van der Waals surface area contributed by atoms with E-state index in [2.05, 4.69) is 9.97 Å². The number of aromatic nitrogens is 3. The molecule has 0 spiro atoms. The summed E-state index contributed by atoms with van der Waals surface area (Å²) in [6, 6.07) is 0. The van der Waals surface area contributed by atoms with Crippen LogP contribution in [-0.4, -0.2) is 20.8 Å². The van der Waals surface area contributed by atoms with Crippen LogP contribution in [0, 0.1) is 4.77 Å². The lowest BCUT2D eigenvalue weighted by Gasteiger charge is -1.95. The molecular weight excluding hydrogens is 238 g/mol. The fourth-order valence-electron chi connectivity index (χ4n) is 1.05. The number of thiazole rings is 1. The standard InChI is InChI=1S/C7H7N3OS3/c1-10-5(11)3-4(8-6(10)12)9-7(13-2)14-3/h1-2H3,(H,8,12). The molecule has 2 aromatic heterocycles. The number of thioether (sulfide) groups is 1. The Hall–Kier alpha value is -0.660. The van der Waals surface area contributed by atoms with Crippen molar-refractivity contribution in [1.82, 2.24) is 14.5 Å². The Kier molecular flexibility index (Phi) is 2.46. The second-order valence-electron chi connectivity index (χ2n) is 2.66. The molecule has 0 fully saturated rings. The fraction of sp³-hybridized carbons (Fsp3) is 0.286. The van der Waals surface area contributed by atoms with Crippen molar-refractivity contribution < 1.29 is 0 Å². The number of nitrogens with one attached hydrogen (secondary N) is 1. The van der Waals surface area contributed by atoms with Gasteiger partial charge in [-0.05, 0) is 18.5 Å². The lowest BCUT2D eigenvalue weighted by molar-refractivity contribution is 0.823. The highest BCUT2D eigenvalue weighted by Crippen LogP contribution is 2.24. The molecule has 0 aliphatic rings. The van der Waals surface area contributed by atoms with Crippen LogP contribution in [0.5, 0.6) is 0 Å². The Bertz CT molecular complexity index is 594. The van der Waals surface area contributed by atoms with E-state index < -0.39 is 0 Å². The van der Waals surface area contributed by atoms with Crippen molar-refractivity contribution in [2.45, 2.75) is 4.34 Å². The van der Waals surface area contributed by atoms with Gasteiger partial charge in [-0.2, -0.15) is 0 Å². The van der Waals surface area contributed by atoms with Gasteiger partial charge in [0.2, 0.25) is 0 Å². The van der Waals surface area contributed by atoms with Crippen LogP contribution in [0.4, 0.5) is 0 Å².